The van der Waals surface area contributed by atoms with Crippen molar-refractivity contribution in [3.05, 3.63) is 28.8 Å². The zero-order valence-corrected chi connectivity index (χ0v) is 13.6. The second-order valence-electron chi connectivity index (χ2n) is 5.10. The molecule has 1 aliphatic heterocycles. The topological polar surface area (TPSA) is 41.6 Å². The Bertz CT molecular complexity index is 530. The minimum atomic E-state index is -0.236. The van der Waals surface area contributed by atoms with Crippen LogP contribution < -0.4 is 10.1 Å². The van der Waals surface area contributed by atoms with Crippen molar-refractivity contribution in [2.24, 2.45) is 0 Å². The van der Waals surface area contributed by atoms with Crippen molar-refractivity contribution in [2.75, 3.05) is 19.7 Å². The van der Waals surface area contributed by atoms with Gasteiger partial charge in [0.15, 0.2) is 11.7 Å². The Morgan fingerprint density at radius 1 is 1.38 bits per heavy atom. The number of benzene rings is 1. The smallest absolute Gasteiger partial charge is 0.264 e. The van der Waals surface area contributed by atoms with Crippen LogP contribution in [-0.4, -0.2) is 35.6 Å². The van der Waals surface area contributed by atoms with Crippen molar-refractivity contribution in [3.63, 3.8) is 0 Å². The molecule has 0 atom stereocenters. The van der Waals surface area contributed by atoms with Crippen LogP contribution in [0.25, 0.3) is 0 Å². The van der Waals surface area contributed by atoms with Gasteiger partial charge in [-0.2, -0.15) is 0 Å². The lowest BCUT2D eigenvalue weighted by atomic mass is 10.1. The molecular formula is C15H19ClN2O2S. The van der Waals surface area contributed by atoms with Gasteiger partial charge < -0.3 is 15.0 Å². The lowest BCUT2D eigenvalue weighted by Crippen LogP contribution is -2.46. The summed E-state index contributed by atoms with van der Waals surface area (Å²) in [4.78, 5) is 13.9. The number of piperidine rings is 1. The van der Waals surface area contributed by atoms with Crippen molar-refractivity contribution in [1.29, 1.82) is 0 Å². The second-order valence-corrected chi connectivity index (χ2v) is 5.92. The number of nitrogens with zero attached hydrogens (tertiary/aromatic N) is 1. The largest absolute Gasteiger partial charge is 0.483 e. The maximum absolute atomic E-state index is 11.9. The number of nitrogens with one attached hydrogen (secondary N) is 1. The molecule has 0 unspecified atom stereocenters. The maximum Gasteiger partial charge on any atom is 0.264 e. The first-order valence-electron chi connectivity index (χ1n) is 7.04. The quantitative estimate of drug-likeness (QED) is 0.867. The molecule has 0 radical (unpaired) electrons. The Balaban J connectivity index is 1.80. The van der Waals surface area contributed by atoms with E-state index in [2.05, 4.69) is 5.32 Å². The number of hydrogen-bond donors (Lipinski definition) is 1. The molecular weight excluding hydrogens is 308 g/mol. The number of likely N-dealkylation sites (tertiary alicyclic amines) is 1. The summed E-state index contributed by atoms with van der Waals surface area (Å²) in [5.74, 6) is 0.415. The molecule has 2 rings (SSSR count). The zero-order valence-electron chi connectivity index (χ0n) is 12.0. The molecule has 4 nitrogen and oxygen atoms in total. The first-order chi connectivity index (χ1) is 10.1. The Morgan fingerprint density at radius 2 is 2.10 bits per heavy atom. The number of amides is 1. The van der Waals surface area contributed by atoms with Crippen LogP contribution in [0.1, 0.15) is 24.8 Å². The van der Waals surface area contributed by atoms with Gasteiger partial charge in [0.05, 0.1) is 0 Å². The lowest BCUT2D eigenvalue weighted by molar-refractivity contribution is -0.121. The molecule has 1 N–H and O–H groups in total. The van der Waals surface area contributed by atoms with Gasteiger partial charge in [0.25, 0.3) is 5.91 Å². The van der Waals surface area contributed by atoms with Gasteiger partial charge in [-0.3, -0.25) is 4.79 Å². The third-order valence-electron chi connectivity index (χ3n) is 3.39. The van der Waals surface area contributed by atoms with Crippen molar-refractivity contribution in [3.8, 4) is 5.75 Å². The Hall–Kier alpha value is -1.33. The molecule has 1 aromatic rings. The van der Waals surface area contributed by atoms with E-state index in [0.29, 0.717) is 15.9 Å². The van der Waals surface area contributed by atoms with Crippen LogP contribution in [-0.2, 0) is 4.79 Å². The number of thiocarbonyl (C=S) groups is 1. The molecule has 114 valence electrons. The van der Waals surface area contributed by atoms with Crippen LogP contribution in [0.5, 0.6) is 5.75 Å². The molecule has 6 heteroatoms. The number of rotatable bonds is 3. The molecule has 1 heterocycles. The van der Waals surface area contributed by atoms with Crippen molar-refractivity contribution in [1.82, 2.24) is 10.2 Å². The molecule has 21 heavy (non-hydrogen) atoms. The van der Waals surface area contributed by atoms with Gasteiger partial charge in [-0.1, -0.05) is 11.6 Å². The summed E-state index contributed by atoms with van der Waals surface area (Å²) in [7, 11) is 0. The van der Waals surface area contributed by atoms with Crippen LogP contribution in [0.4, 0.5) is 0 Å². The van der Waals surface area contributed by atoms with Crippen LogP contribution in [0.3, 0.4) is 0 Å². The molecule has 1 amide bonds. The number of halogens is 1. The van der Waals surface area contributed by atoms with E-state index in [1.165, 1.54) is 6.42 Å². The minimum Gasteiger partial charge on any atom is -0.483 e. The summed E-state index contributed by atoms with van der Waals surface area (Å²) in [6.45, 7) is 3.65. The van der Waals surface area contributed by atoms with Gasteiger partial charge >= 0.3 is 0 Å². The number of hydrogen-bond acceptors (Lipinski definition) is 3. The van der Waals surface area contributed by atoms with Crippen LogP contribution in [0.15, 0.2) is 18.2 Å². The molecule has 1 fully saturated rings. The first kappa shape index (κ1) is 16.0. The van der Waals surface area contributed by atoms with Gasteiger partial charge in [0, 0.05) is 18.1 Å². The standard InChI is InChI=1S/C15H19ClN2O2S/c1-11-9-12(16)5-6-13(11)20-10-14(19)17-15(21)18-7-3-2-4-8-18/h5-6,9H,2-4,7-8,10H2,1H3,(H,17,19,21). The van der Waals surface area contributed by atoms with Gasteiger partial charge in [-0.05, 0) is 62.2 Å². The van der Waals surface area contributed by atoms with Crippen LogP contribution in [0, 0.1) is 6.92 Å². The average Bonchev–Trinajstić information content (AvgIpc) is 2.47. The fourth-order valence-electron chi connectivity index (χ4n) is 2.25. The fraction of sp³-hybridized carbons (Fsp3) is 0.467. The molecule has 0 saturated carbocycles. The van der Waals surface area contributed by atoms with Gasteiger partial charge in [-0.25, -0.2) is 0 Å². The number of carbonyl (C=O) groups is 1. The van der Waals surface area contributed by atoms with E-state index >= 15 is 0 Å². The van der Waals surface area contributed by atoms with Gasteiger partial charge in [0.2, 0.25) is 0 Å². The molecule has 0 spiro atoms. The third-order valence-corrected chi connectivity index (χ3v) is 3.98. The highest BCUT2D eigenvalue weighted by atomic mass is 35.5. The molecule has 0 bridgehead atoms. The monoisotopic (exact) mass is 326 g/mol. The Kier molecular flexibility index (Phi) is 5.82. The average molecular weight is 327 g/mol. The predicted octanol–water partition coefficient (Wildman–Crippen LogP) is 2.91. The molecule has 1 aliphatic rings. The summed E-state index contributed by atoms with van der Waals surface area (Å²) in [6.07, 6.45) is 3.47. The van der Waals surface area contributed by atoms with E-state index in [-0.39, 0.29) is 12.5 Å². The normalized spacial score (nSPS) is 14.7. The molecule has 1 saturated heterocycles. The van der Waals surface area contributed by atoms with E-state index in [9.17, 15) is 4.79 Å². The van der Waals surface area contributed by atoms with Gasteiger partial charge in [0.1, 0.15) is 5.75 Å². The summed E-state index contributed by atoms with van der Waals surface area (Å²) in [6, 6.07) is 5.29. The summed E-state index contributed by atoms with van der Waals surface area (Å²) in [5.41, 5.74) is 0.897. The van der Waals surface area contributed by atoms with Crippen molar-refractivity contribution < 1.29 is 9.53 Å². The SMILES string of the molecule is Cc1cc(Cl)ccc1OCC(=O)NC(=S)N1CCCCC1. The third kappa shape index (κ3) is 4.86. The predicted molar refractivity (Wildman–Crippen MR) is 87.8 cm³/mol. The maximum atomic E-state index is 11.9. The van der Waals surface area contributed by atoms with E-state index in [4.69, 9.17) is 28.6 Å². The van der Waals surface area contributed by atoms with Crippen LogP contribution in [0.2, 0.25) is 5.02 Å². The highest BCUT2D eigenvalue weighted by molar-refractivity contribution is 7.80. The van der Waals surface area contributed by atoms with Crippen molar-refractivity contribution >= 4 is 34.8 Å². The second kappa shape index (κ2) is 7.61. The zero-order chi connectivity index (χ0) is 15.2. The number of ether oxygens (including phenoxy) is 1. The van der Waals surface area contributed by atoms with Gasteiger partial charge in [-0.15, -0.1) is 0 Å². The highest BCUT2D eigenvalue weighted by Gasteiger charge is 2.15. The fourth-order valence-corrected chi connectivity index (χ4v) is 2.77. The van der Waals surface area contributed by atoms with E-state index in [1.807, 2.05) is 11.8 Å². The van der Waals surface area contributed by atoms with E-state index in [1.54, 1.807) is 18.2 Å². The highest BCUT2D eigenvalue weighted by Crippen LogP contribution is 2.21. The molecule has 0 aliphatic carbocycles. The molecule has 0 aromatic heterocycles. The summed E-state index contributed by atoms with van der Waals surface area (Å²) in [5, 5.41) is 3.86. The molecule has 1 aromatic carbocycles. The number of aryl methyl sites for hydroxylation is 1. The van der Waals surface area contributed by atoms with Crippen LogP contribution >= 0.6 is 23.8 Å². The first-order valence-corrected chi connectivity index (χ1v) is 7.82. The Morgan fingerprint density at radius 3 is 2.76 bits per heavy atom. The van der Waals surface area contributed by atoms with E-state index in [0.717, 1.165) is 31.5 Å². The summed E-state index contributed by atoms with van der Waals surface area (Å²) < 4.78 is 5.49. The van der Waals surface area contributed by atoms with Crippen molar-refractivity contribution in [2.45, 2.75) is 26.2 Å². The summed E-state index contributed by atoms with van der Waals surface area (Å²) >= 11 is 11.1. The number of carbonyl (C=O) groups excluding carboxylic acids is 1. The Labute approximate surface area is 135 Å². The van der Waals surface area contributed by atoms with E-state index < -0.39 is 0 Å². The lowest BCUT2D eigenvalue weighted by Gasteiger charge is -2.28. The minimum absolute atomic E-state index is 0.0591.